The fraction of sp³-hybridized carbons (Fsp3) is 0.750. The molecule has 0 aliphatic carbocycles. The molecule has 1 aromatic heterocycles. The molecule has 1 aromatic rings. The highest BCUT2D eigenvalue weighted by Crippen LogP contribution is 2.28. The number of carbonyl (C=O) groups excluding carboxylic acids is 2. The van der Waals surface area contributed by atoms with Crippen LogP contribution in [0.15, 0.2) is 5.16 Å². The van der Waals surface area contributed by atoms with Crippen LogP contribution in [0.2, 0.25) is 0 Å². The molecule has 3 amide bonds. The van der Waals surface area contributed by atoms with Gasteiger partial charge in [-0.1, -0.05) is 32.0 Å². The van der Waals surface area contributed by atoms with Crippen LogP contribution >= 0.6 is 11.8 Å². The number of rotatable bonds is 9. The standard InChI is InChI=1S/C16H30N6O2S/c1-7-9-10-22-13(12(8-2)21(5)6)19-20-16(22)25-11(3)14(23)18-15(24)17-4/h11-12H,7-10H2,1-6H3,(H2,17,18,23,24)/t11-,12-/m0/s1. The Kier molecular flexibility index (Phi) is 8.91. The van der Waals surface area contributed by atoms with E-state index in [0.29, 0.717) is 5.16 Å². The van der Waals surface area contributed by atoms with E-state index in [2.05, 4.69) is 44.1 Å². The minimum Gasteiger partial charge on any atom is -0.341 e. The summed E-state index contributed by atoms with van der Waals surface area (Å²) in [4.78, 5) is 25.5. The lowest BCUT2D eigenvalue weighted by molar-refractivity contribution is -0.119. The Balaban J connectivity index is 3.00. The topological polar surface area (TPSA) is 92.2 Å². The zero-order valence-corrected chi connectivity index (χ0v) is 16.8. The van der Waals surface area contributed by atoms with E-state index < -0.39 is 11.3 Å². The number of amides is 3. The summed E-state index contributed by atoms with van der Waals surface area (Å²) in [6.07, 6.45) is 3.00. The van der Waals surface area contributed by atoms with Crippen LogP contribution in [0.5, 0.6) is 0 Å². The first-order valence-electron chi connectivity index (χ1n) is 8.64. The van der Waals surface area contributed by atoms with Gasteiger partial charge in [0.2, 0.25) is 5.91 Å². The van der Waals surface area contributed by atoms with Gasteiger partial charge in [-0.25, -0.2) is 4.79 Å². The number of unbranched alkanes of at least 4 members (excludes halogenated alkanes) is 1. The minimum absolute atomic E-state index is 0.175. The zero-order valence-electron chi connectivity index (χ0n) is 16.0. The van der Waals surface area contributed by atoms with Gasteiger partial charge in [0.1, 0.15) is 0 Å². The smallest absolute Gasteiger partial charge is 0.321 e. The molecule has 0 aliphatic rings. The Labute approximate surface area is 154 Å². The Morgan fingerprint density at radius 3 is 2.48 bits per heavy atom. The first-order valence-corrected chi connectivity index (χ1v) is 9.52. The summed E-state index contributed by atoms with van der Waals surface area (Å²) in [5, 5.41) is 13.6. The fourth-order valence-electron chi connectivity index (χ4n) is 2.43. The van der Waals surface area contributed by atoms with Gasteiger partial charge in [-0.15, -0.1) is 10.2 Å². The zero-order chi connectivity index (χ0) is 19.0. The van der Waals surface area contributed by atoms with E-state index in [-0.39, 0.29) is 11.9 Å². The molecular weight excluding hydrogens is 340 g/mol. The summed E-state index contributed by atoms with van der Waals surface area (Å²) in [5.41, 5.74) is 0. The first kappa shape index (κ1) is 21.4. The first-order chi connectivity index (χ1) is 11.8. The number of hydrogen-bond donors (Lipinski definition) is 2. The normalized spacial score (nSPS) is 13.6. The molecule has 0 aliphatic heterocycles. The van der Waals surface area contributed by atoms with E-state index >= 15 is 0 Å². The minimum atomic E-state index is -0.510. The van der Waals surface area contributed by atoms with E-state index in [1.807, 2.05) is 14.1 Å². The van der Waals surface area contributed by atoms with Crippen molar-refractivity contribution >= 4 is 23.7 Å². The number of aromatic nitrogens is 3. The maximum absolute atomic E-state index is 12.1. The molecule has 2 atom stereocenters. The second kappa shape index (κ2) is 10.4. The number of thioether (sulfide) groups is 1. The van der Waals surface area contributed by atoms with Crippen LogP contribution in [0.1, 0.15) is 51.9 Å². The van der Waals surface area contributed by atoms with E-state index in [9.17, 15) is 9.59 Å². The Morgan fingerprint density at radius 1 is 1.28 bits per heavy atom. The highest BCUT2D eigenvalue weighted by atomic mass is 32.2. The van der Waals surface area contributed by atoms with Crippen LogP contribution in [-0.4, -0.2) is 58.0 Å². The number of nitrogens with one attached hydrogen (secondary N) is 2. The molecule has 1 heterocycles. The van der Waals surface area contributed by atoms with Crippen LogP contribution < -0.4 is 10.6 Å². The molecule has 0 unspecified atom stereocenters. The van der Waals surface area contributed by atoms with Gasteiger partial charge in [-0.2, -0.15) is 0 Å². The van der Waals surface area contributed by atoms with Crippen LogP contribution in [0.3, 0.4) is 0 Å². The monoisotopic (exact) mass is 370 g/mol. The van der Waals surface area contributed by atoms with Gasteiger partial charge < -0.3 is 9.88 Å². The Bertz CT molecular complexity index is 575. The van der Waals surface area contributed by atoms with Crippen molar-refractivity contribution in [2.75, 3.05) is 21.1 Å². The largest absolute Gasteiger partial charge is 0.341 e. The maximum atomic E-state index is 12.1. The average molecular weight is 371 g/mol. The van der Waals surface area contributed by atoms with Crippen LogP contribution in [-0.2, 0) is 11.3 Å². The van der Waals surface area contributed by atoms with Gasteiger partial charge in [0.15, 0.2) is 11.0 Å². The lowest BCUT2D eigenvalue weighted by atomic mass is 10.2. The van der Waals surface area contributed by atoms with Crippen molar-refractivity contribution in [2.24, 2.45) is 0 Å². The Hall–Kier alpha value is -1.61. The van der Waals surface area contributed by atoms with E-state index in [4.69, 9.17) is 0 Å². The summed E-state index contributed by atoms with van der Waals surface area (Å²) in [7, 11) is 5.53. The van der Waals surface area contributed by atoms with Crippen molar-refractivity contribution in [3.05, 3.63) is 5.82 Å². The maximum Gasteiger partial charge on any atom is 0.321 e. The van der Waals surface area contributed by atoms with Gasteiger partial charge in [0, 0.05) is 13.6 Å². The summed E-state index contributed by atoms with van der Waals surface area (Å²) in [6, 6.07) is -0.335. The van der Waals surface area contributed by atoms with Crippen LogP contribution in [0.25, 0.3) is 0 Å². The third-order valence-corrected chi connectivity index (χ3v) is 4.98. The summed E-state index contributed by atoms with van der Waals surface area (Å²) in [5.74, 6) is 0.568. The van der Waals surface area contributed by atoms with Crippen molar-refractivity contribution < 1.29 is 9.59 Å². The highest BCUT2D eigenvalue weighted by Gasteiger charge is 2.25. The van der Waals surface area contributed by atoms with E-state index in [1.165, 1.54) is 18.8 Å². The predicted octanol–water partition coefficient (Wildman–Crippen LogP) is 2.03. The molecule has 0 bridgehead atoms. The number of imide groups is 1. The molecular formula is C16H30N6O2S. The molecule has 8 nitrogen and oxygen atoms in total. The van der Waals surface area contributed by atoms with Gasteiger partial charge in [0.05, 0.1) is 11.3 Å². The molecule has 0 fully saturated rings. The van der Waals surface area contributed by atoms with Crippen molar-refractivity contribution in [3.63, 3.8) is 0 Å². The molecule has 0 saturated carbocycles. The highest BCUT2D eigenvalue weighted by molar-refractivity contribution is 8.00. The van der Waals surface area contributed by atoms with Crippen LogP contribution in [0.4, 0.5) is 4.79 Å². The summed E-state index contributed by atoms with van der Waals surface area (Å²) in [6.45, 7) is 6.83. The summed E-state index contributed by atoms with van der Waals surface area (Å²) >= 11 is 1.32. The fourth-order valence-corrected chi connectivity index (χ4v) is 3.31. The second-order valence-corrected chi connectivity index (χ2v) is 7.37. The van der Waals surface area contributed by atoms with Gasteiger partial charge >= 0.3 is 6.03 Å². The molecule has 1 rings (SSSR count). The predicted molar refractivity (Wildman–Crippen MR) is 99.6 cm³/mol. The quantitative estimate of drug-likeness (QED) is 0.646. The molecule has 0 radical (unpaired) electrons. The number of hydrogen-bond acceptors (Lipinski definition) is 6. The van der Waals surface area contributed by atoms with Crippen LogP contribution in [0, 0.1) is 0 Å². The van der Waals surface area contributed by atoms with E-state index in [0.717, 1.165) is 31.6 Å². The SMILES string of the molecule is CCCCn1c(S[C@@H](C)C(=O)NC(=O)NC)nnc1[C@H](CC)N(C)C. The van der Waals surface area contributed by atoms with Gasteiger partial charge in [-0.05, 0) is 33.9 Å². The molecule has 0 aromatic carbocycles. The summed E-state index contributed by atoms with van der Waals surface area (Å²) < 4.78 is 2.10. The molecule has 25 heavy (non-hydrogen) atoms. The van der Waals surface area contributed by atoms with Crippen molar-refractivity contribution in [1.29, 1.82) is 0 Å². The molecule has 0 spiro atoms. The van der Waals surface area contributed by atoms with E-state index in [1.54, 1.807) is 6.92 Å². The lowest BCUT2D eigenvalue weighted by Crippen LogP contribution is -2.41. The molecule has 0 saturated heterocycles. The number of nitrogens with zero attached hydrogens (tertiary/aromatic N) is 4. The van der Waals surface area contributed by atoms with Crippen molar-refractivity contribution in [2.45, 2.75) is 63.0 Å². The average Bonchev–Trinajstić information content (AvgIpc) is 2.95. The molecule has 142 valence electrons. The molecule has 9 heteroatoms. The second-order valence-electron chi connectivity index (χ2n) is 6.06. The lowest BCUT2D eigenvalue weighted by Gasteiger charge is -2.23. The van der Waals surface area contributed by atoms with Crippen molar-refractivity contribution in [1.82, 2.24) is 30.3 Å². The third-order valence-electron chi connectivity index (χ3n) is 3.90. The van der Waals surface area contributed by atoms with Gasteiger partial charge in [-0.3, -0.25) is 15.0 Å². The molecule has 2 N–H and O–H groups in total. The number of urea groups is 1. The Morgan fingerprint density at radius 2 is 1.96 bits per heavy atom. The third kappa shape index (κ3) is 6.00. The van der Waals surface area contributed by atoms with Crippen molar-refractivity contribution in [3.8, 4) is 0 Å². The van der Waals surface area contributed by atoms with Gasteiger partial charge in [0.25, 0.3) is 0 Å². The number of carbonyl (C=O) groups is 2.